The number of hydrogen-bond acceptors (Lipinski definition) is 2. The highest BCUT2D eigenvalue weighted by Gasteiger charge is 2.18. The SMILES string of the molecule is CCC(CN)CCN1Cc2ccccc2C1. The molecule has 0 radical (unpaired) electrons. The van der Waals surface area contributed by atoms with Gasteiger partial charge in [-0.05, 0) is 36.6 Å². The average Bonchev–Trinajstić information content (AvgIpc) is 2.73. The van der Waals surface area contributed by atoms with Gasteiger partial charge in [0.2, 0.25) is 0 Å². The van der Waals surface area contributed by atoms with Gasteiger partial charge in [0.15, 0.2) is 0 Å². The van der Waals surface area contributed by atoms with Gasteiger partial charge in [0.1, 0.15) is 0 Å². The van der Waals surface area contributed by atoms with Gasteiger partial charge in [-0.25, -0.2) is 0 Å². The van der Waals surface area contributed by atoms with Gasteiger partial charge < -0.3 is 5.73 Å². The molecule has 1 heterocycles. The summed E-state index contributed by atoms with van der Waals surface area (Å²) in [7, 11) is 0. The van der Waals surface area contributed by atoms with Crippen LogP contribution in [0.4, 0.5) is 0 Å². The van der Waals surface area contributed by atoms with Gasteiger partial charge in [-0.1, -0.05) is 37.6 Å². The molecule has 0 saturated carbocycles. The average molecular weight is 218 g/mol. The van der Waals surface area contributed by atoms with Gasteiger partial charge in [-0.3, -0.25) is 4.90 Å². The lowest BCUT2D eigenvalue weighted by atomic mass is 10.0. The van der Waals surface area contributed by atoms with Gasteiger partial charge >= 0.3 is 0 Å². The van der Waals surface area contributed by atoms with Crippen molar-refractivity contribution >= 4 is 0 Å². The summed E-state index contributed by atoms with van der Waals surface area (Å²) >= 11 is 0. The van der Waals surface area contributed by atoms with Crippen LogP contribution < -0.4 is 5.73 Å². The lowest BCUT2D eigenvalue weighted by Gasteiger charge is -2.18. The molecule has 1 aliphatic heterocycles. The second-order valence-electron chi connectivity index (χ2n) is 4.78. The summed E-state index contributed by atoms with van der Waals surface area (Å²) in [5.74, 6) is 0.698. The maximum atomic E-state index is 5.73. The Morgan fingerprint density at radius 2 is 1.88 bits per heavy atom. The third kappa shape index (κ3) is 2.63. The number of nitrogens with zero attached hydrogens (tertiary/aromatic N) is 1. The topological polar surface area (TPSA) is 29.3 Å². The molecule has 1 unspecified atom stereocenters. The zero-order valence-electron chi connectivity index (χ0n) is 10.2. The molecule has 1 aromatic rings. The number of rotatable bonds is 5. The number of benzene rings is 1. The fraction of sp³-hybridized carbons (Fsp3) is 0.571. The molecule has 0 aromatic heterocycles. The van der Waals surface area contributed by atoms with Gasteiger partial charge in [0.05, 0.1) is 0 Å². The first-order valence-electron chi connectivity index (χ1n) is 6.32. The standard InChI is InChI=1S/C14H22N2/c1-2-12(9-15)7-8-16-10-13-5-3-4-6-14(13)11-16/h3-6,12H,2,7-11,15H2,1H3. The molecule has 0 saturated heterocycles. The molecule has 2 nitrogen and oxygen atoms in total. The van der Waals surface area contributed by atoms with Crippen molar-refractivity contribution < 1.29 is 0 Å². The maximum absolute atomic E-state index is 5.73. The Labute approximate surface area is 98.4 Å². The summed E-state index contributed by atoms with van der Waals surface area (Å²) in [6, 6.07) is 8.76. The van der Waals surface area contributed by atoms with Gasteiger partial charge in [-0.2, -0.15) is 0 Å². The van der Waals surface area contributed by atoms with E-state index in [1.165, 1.54) is 30.5 Å². The van der Waals surface area contributed by atoms with Crippen LogP contribution in [-0.2, 0) is 13.1 Å². The Bertz CT molecular complexity index is 306. The molecule has 2 heteroatoms. The molecule has 2 rings (SSSR count). The van der Waals surface area contributed by atoms with Crippen molar-refractivity contribution in [1.29, 1.82) is 0 Å². The van der Waals surface area contributed by atoms with Crippen LogP contribution in [-0.4, -0.2) is 18.0 Å². The highest BCUT2D eigenvalue weighted by Crippen LogP contribution is 2.22. The Morgan fingerprint density at radius 1 is 1.25 bits per heavy atom. The molecule has 1 aromatic carbocycles. The molecular weight excluding hydrogens is 196 g/mol. The molecule has 1 atom stereocenters. The molecule has 16 heavy (non-hydrogen) atoms. The molecule has 0 amide bonds. The number of hydrogen-bond donors (Lipinski definition) is 1. The van der Waals surface area contributed by atoms with E-state index < -0.39 is 0 Å². The van der Waals surface area contributed by atoms with Gasteiger partial charge in [0.25, 0.3) is 0 Å². The summed E-state index contributed by atoms with van der Waals surface area (Å²) < 4.78 is 0. The predicted molar refractivity (Wildman–Crippen MR) is 68.0 cm³/mol. The third-order valence-corrected chi connectivity index (χ3v) is 3.67. The number of fused-ring (bicyclic) bond motifs is 1. The lowest BCUT2D eigenvalue weighted by molar-refractivity contribution is 0.257. The first kappa shape index (κ1) is 11.6. The van der Waals surface area contributed by atoms with Crippen molar-refractivity contribution in [3.63, 3.8) is 0 Å². The van der Waals surface area contributed by atoms with E-state index in [2.05, 4.69) is 36.1 Å². The summed E-state index contributed by atoms with van der Waals surface area (Å²) in [6.45, 7) is 6.49. The Morgan fingerprint density at radius 3 is 2.38 bits per heavy atom. The first-order valence-corrected chi connectivity index (χ1v) is 6.32. The summed E-state index contributed by atoms with van der Waals surface area (Å²) in [5, 5.41) is 0. The fourth-order valence-electron chi connectivity index (χ4n) is 2.42. The van der Waals surface area contributed by atoms with E-state index in [-0.39, 0.29) is 0 Å². The largest absolute Gasteiger partial charge is 0.330 e. The maximum Gasteiger partial charge on any atom is 0.0240 e. The van der Waals surface area contributed by atoms with Crippen molar-refractivity contribution in [1.82, 2.24) is 4.90 Å². The first-order chi connectivity index (χ1) is 7.83. The zero-order chi connectivity index (χ0) is 11.4. The third-order valence-electron chi connectivity index (χ3n) is 3.67. The van der Waals surface area contributed by atoms with E-state index in [1.807, 2.05) is 0 Å². The van der Waals surface area contributed by atoms with Gasteiger partial charge in [-0.15, -0.1) is 0 Å². The Kier molecular flexibility index (Phi) is 3.97. The molecule has 0 aliphatic carbocycles. The summed E-state index contributed by atoms with van der Waals surface area (Å²) in [5.41, 5.74) is 8.74. The quantitative estimate of drug-likeness (QED) is 0.822. The second-order valence-corrected chi connectivity index (χ2v) is 4.78. The minimum absolute atomic E-state index is 0.698. The van der Waals surface area contributed by atoms with E-state index in [4.69, 9.17) is 5.73 Å². The van der Waals surface area contributed by atoms with Crippen LogP contribution in [0, 0.1) is 5.92 Å². The van der Waals surface area contributed by atoms with E-state index in [9.17, 15) is 0 Å². The Balaban J connectivity index is 1.83. The molecule has 2 N–H and O–H groups in total. The van der Waals surface area contributed by atoms with E-state index in [0.29, 0.717) is 5.92 Å². The van der Waals surface area contributed by atoms with Crippen LogP contribution in [0.25, 0.3) is 0 Å². The van der Waals surface area contributed by atoms with Crippen molar-refractivity contribution in [2.45, 2.75) is 32.9 Å². The van der Waals surface area contributed by atoms with Gasteiger partial charge in [0, 0.05) is 13.1 Å². The summed E-state index contributed by atoms with van der Waals surface area (Å²) in [4.78, 5) is 2.53. The predicted octanol–water partition coefficient (Wildman–Crippen LogP) is 2.38. The van der Waals surface area contributed by atoms with Crippen molar-refractivity contribution in [2.24, 2.45) is 11.7 Å². The lowest BCUT2D eigenvalue weighted by Crippen LogP contribution is -2.23. The number of nitrogens with two attached hydrogens (primary N) is 1. The zero-order valence-corrected chi connectivity index (χ0v) is 10.2. The van der Waals surface area contributed by atoms with E-state index in [0.717, 1.165) is 19.6 Å². The highest BCUT2D eigenvalue weighted by molar-refractivity contribution is 5.30. The fourth-order valence-corrected chi connectivity index (χ4v) is 2.42. The van der Waals surface area contributed by atoms with Crippen molar-refractivity contribution in [2.75, 3.05) is 13.1 Å². The van der Waals surface area contributed by atoms with E-state index in [1.54, 1.807) is 0 Å². The summed E-state index contributed by atoms with van der Waals surface area (Å²) in [6.07, 6.45) is 2.44. The van der Waals surface area contributed by atoms with Crippen LogP contribution >= 0.6 is 0 Å². The van der Waals surface area contributed by atoms with E-state index >= 15 is 0 Å². The minimum Gasteiger partial charge on any atom is -0.330 e. The molecule has 1 aliphatic rings. The second kappa shape index (κ2) is 5.46. The van der Waals surface area contributed by atoms with Crippen LogP contribution in [0.5, 0.6) is 0 Å². The Hall–Kier alpha value is -0.860. The monoisotopic (exact) mass is 218 g/mol. The molecular formula is C14H22N2. The highest BCUT2D eigenvalue weighted by atomic mass is 15.1. The smallest absolute Gasteiger partial charge is 0.0240 e. The van der Waals surface area contributed by atoms with Crippen molar-refractivity contribution in [3.8, 4) is 0 Å². The molecule has 0 spiro atoms. The molecule has 0 bridgehead atoms. The van der Waals surface area contributed by atoms with Crippen LogP contribution in [0.15, 0.2) is 24.3 Å². The van der Waals surface area contributed by atoms with Crippen LogP contribution in [0.2, 0.25) is 0 Å². The normalized spacial score (nSPS) is 17.4. The molecule has 0 fully saturated rings. The molecule has 88 valence electrons. The van der Waals surface area contributed by atoms with Crippen molar-refractivity contribution in [3.05, 3.63) is 35.4 Å². The van der Waals surface area contributed by atoms with Crippen LogP contribution in [0.1, 0.15) is 30.9 Å². The van der Waals surface area contributed by atoms with Crippen LogP contribution in [0.3, 0.4) is 0 Å². The minimum atomic E-state index is 0.698.